The van der Waals surface area contributed by atoms with Crippen LogP contribution in [0, 0.1) is 5.92 Å². The number of hydrogen-bond donors (Lipinski definition) is 4. The summed E-state index contributed by atoms with van der Waals surface area (Å²) in [6.45, 7) is 3.55. The third kappa shape index (κ3) is 3.89. The van der Waals surface area contributed by atoms with Crippen LogP contribution in [0.25, 0.3) is 10.9 Å². The van der Waals surface area contributed by atoms with Gasteiger partial charge in [0.25, 0.3) is 5.56 Å². The average Bonchev–Trinajstić information content (AvgIpc) is 2.45. The van der Waals surface area contributed by atoms with E-state index in [0.717, 1.165) is 6.07 Å². The largest absolute Gasteiger partial charge is 0.480 e. The van der Waals surface area contributed by atoms with Gasteiger partial charge in [-0.1, -0.05) is 13.8 Å². The number of aromatic amines is 2. The second-order valence-corrected chi connectivity index (χ2v) is 7.47. The highest BCUT2D eigenvalue weighted by Gasteiger charge is 2.26. The van der Waals surface area contributed by atoms with E-state index in [9.17, 15) is 22.8 Å². The monoisotopic (exact) mass is 355 g/mol. The first-order valence-electron chi connectivity index (χ1n) is 7.11. The molecule has 1 atom stereocenters. The summed E-state index contributed by atoms with van der Waals surface area (Å²) < 4.78 is 26.9. The molecule has 1 heterocycles. The lowest BCUT2D eigenvalue weighted by Crippen LogP contribution is -2.41. The number of carbonyl (C=O) groups is 1. The highest BCUT2D eigenvalue weighted by atomic mass is 32.2. The smallest absolute Gasteiger partial charge is 0.326 e. The molecule has 130 valence electrons. The van der Waals surface area contributed by atoms with Gasteiger partial charge in [-0.3, -0.25) is 14.6 Å². The Labute approximate surface area is 136 Å². The number of carboxylic acid groups (broad SMARTS) is 1. The van der Waals surface area contributed by atoms with E-state index in [1.807, 2.05) is 4.98 Å². The van der Waals surface area contributed by atoms with Crippen LogP contribution in [-0.4, -0.2) is 35.5 Å². The van der Waals surface area contributed by atoms with E-state index in [1.165, 1.54) is 12.1 Å². The van der Waals surface area contributed by atoms with Crippen molar-refractivity contribution in [3.8, 4) is 0 Å². The lowest BCUT2D eigenvalue weighted by molar-refractivity contribution is -0.139. The van der Waals surface area contributed by atoms with Gasteiger partial charge in [0.2, 0.25) is 10.0 Å². The predicted octanol–water partition coefficient (Wildman–Crippen LogP) is -0.00600. The standard InChI is InChI=1S/C14H17N3O6S/c1-7(2)5-11(13(19)20)17-24(22,23)8-3-4-10-9(6-8)12(18)16-14(21)15-10/h3-4,6-7,11,17H,5H2,1-2H3,(H,19,20)(H2,15,16,18,21)/t11-/m1/s1. The summed E-state index contributed by atoms with van der Waals surface area (Å²) in [6.07, 6.45) is 0.121. The molecule has 24 heavy (non-hydrogen) atoms. The number of fused-ring (bicyclic) bond motifs is 1. The number of rotatable bonds is 6. The fourth-order valence-electron chi connectivity index (χ4n) is 2.24. The van der Waals surface area contributed by atoms with Crippen molar-refractivity contribution in [2.24, 2.45) is 5.92 Å². The maximum atomic E-state index is 12.4. The van der Waals surface area contributed by atoms with Crippen LogP contribution in [-0.2, 0) is 14.8 Å². The molecular weight excluding hydrogens is 338 g/mol. The number of nitrogens with one attached hydrogen (secondary N) is 3. The number of hydrogen-bond acceptors (Lipinski definition) is 5. The zero-order valence-electron chi connectivity index (χ0n) is 13.0. The van der Waals surface area contributed by atoms with Crippen LogP contribution in [0.5, 0.6) is 0 Å². The topological polar surface area (TPSA) is 149 Å². The van der Waals surface area contributed by atoms with E-state index in [-0.39, 0.29) is 28.1 Å². The minimum Gasteiger partial charge on any atom is -0.480 e. The first-order valence-corrected chi connectivity index (χ1v) is 8.60. The van der Waals surface area contributed by atoms with Crippen LogP contribution in [0.3, 0.4) is 0 Å². The van der Waals surface area contributed by atoms with Gasteiger partial charge in [0.15, 0.2) is 0 Å². The molecule has 0 aliphatic carbocycles. The molecule has 4 N–H and O–H groups in total. The molecule has 1 aromatic heterocycles. The molecule has 0 saturated heterocycles. The van der Waals surface area contributed by atoms with Crippen LogP contribution in [0.15, 0.2) is 32.7 Å². The second kappa shape index (κ2) is 6.57. The van der Waals surface area contributed by atoms with E-state index in [4.69, 9.17) is 5.11 Å². The van der Waals surface area contributed by atoms with Gasteiger partial charge < -0.3 is 10.1 Å². The van der Waals surface area contributed by atoms with Gasteiger partial charge in [-0.05, 0) is 30.5 Å². The van der Waals surface area contributed by atoms with Gasteiger partial charge in [0.1, 0.15) is 6.04 Å². The van der Waals surface area contributed by atoms with Crippen molar-refractivity contribution in [3.05, 3.63) is 39.0 Å². The summed E-state index contributed by atoms with van der Waals surface area (Å²) >= 11 is 0. The van der Waals surface area contributed by atoms with Crippen LogP contribution >= 0.6 is 0 Å². The predicted molar refractivity (Wildman–Crippen MR) is 86.4 cm³/mol. The first-order chi connectivity index (χ1) is 11.1. The molecule has 1 aromatic carbocycles. The van der Waals surface area contributed by atoms with Gasteiger partial charge in [0.05, 0.1) is 15.8 Å². The minimum atomic E-state index is -4.14. The SMILES string of the molecule is CC(C)C[C@@H](NS(=O)(=O)c1ccc2[nH]c(=O)[nH]c(=O)c2c1)C(=O)O. The van der Waals surface area contributed by atoms with E-state index in [2.05, 4.69) is 9.71 Å². The molecule has 2 rings (SSSR count). The van der Waals surface area contributed by atoms with Gasteiger partial charge in [0, 0.05) is 0 Å². The highest BCUT2D eigenvalue weighted by molar-refractivity contribution is 7.89. The Morgan fingerprint density at radius 2 is 1.92 bits per heavy atom. The Balaban J connectivity index is 2.45. The summed E-state index contributed by atoms with van der Waals surface area (Å²) in [5, 5.41) is 9.14. The highest BCUT2D eigenvalue weighted by Crippen LogP contribution is 2.16. The molecule has 0 radical (unpaired) electrons. The van der Waals surface area contributed by atoms with Crippen molar-refractivity contribution in [2.75, 3.05) is 0 Å². The summed E-state index contributed by atoms with van der Waals surface area (Å²) in [5.74, 6) is -1.31. The molecular formula is C14H17N3O6S. The van der Waals surface area contributed by atoms with E-state index >= 15 is 0 Å². The van der Waals surface area contributed by atoms with Crippen molar-refractivity contribution in [2.45, 2.75) is 31.2 Å². The Hall–Kier alpha value is -2.46. The first kappa shape index (κ1) is 17.9. The molecule has 10 heteroatoms. The molecule has 0 fully saturated rings. The van der Waals surface area contributed by atoms with E-state index in [1.54, 1.807) is 13.8 Å². The molecule has 0 unspecified atom stereocenters. The lowest BCUT2D eigenvalue weighted by atomic mass is 10.1. The molecule has 0 aliphatic heterocycles. The molecule has 0 spiro atoms. The second-order valence-electron chi connectivity index (χ2n) is 5.76. The van der Waals surface area contributed by atoms with Gasteiger partial charge in [-0.25, -0.2) is 13.2 Å². The Bertz CT molecular complexity index is 989. The molecule has 0 bridgehead atoms. The molecule has 2 aromatic rings. The van der Waals surface area contributed by atoms with Crippen LogP contribution in [0.2, 0.25) is 0 Å². The lowest BCUT2D eigenvalue weighted by Gasteiger charge is -2.16. The average molecular weight is 355 g/mol. The van der Waals surface area contributed by atoms with Crippen molar-refractivity contribution in [1.82, 2.24) is 14.7 Å². The third-order valence-corrected chi connectivity index (χ3v) is 4.79. The van der Waals surface area contributed by atoms with Crippen molar-refractivity contribution >= 4 is 26.9 Å². The quantitative estimate of drug-likeness (QED) is 0.573. The van der Waals surface area contributed by atoms with Gasteiger partial charge >= 0.3 is 11.7 Å². The number of H-pyrrole nitrogens is 2. The van der Waals surface area contributed by atoms with Crippen LogP contribution in [0.4, 0.5) is 0 Å². The van der Waals surface area contributed by atoms with Gasteiger partial charge in [-0.2, -0.15) is 4.72 Å². The molecule has 0 aliphatic rings. The number of carboxylic acids is 1. The number of benzene rings is 1. The van der Waals surface area contributed by atoms with Crippen LogP contribution < -0.4 is 16.0 Å². The van der Waals surface area contributed by atoms with E-state index in [0.29, 0.717) is 0 Å². The zero-order valence-corrected chi connectivity index (χ0v) is 13.8. The maximum Gasteiger partial charge on any atom is 0.326 e. The van der Waals surface area contributed by atoms with Crippen molar-refractivity contribution in [1.29, 1.82) is 0 Å². The molecule has 0 saturated carbocycles. The van der Waals surface area contributed by atoms with Crippen LogP contribution in [0.1, 0.15) is 20.3 Å². The zero-order chi connectivity index (χ0) is 18.1. The summed E-state index contributed by atoms with van der Waals surface area (Å²) in [4.78, 5) is 38.3. The fraction of sp³-hybridized carbons (Fsp3) is 0.357. The number of sulfonamides is 1. The summed E-state index contributed by atoms with van der Waals surface area (Å²) in [5.41, 5.74) is -1.26. The van der Waals surface area contributed by atoms with E-state index < -0.39 is 33.3 Å². The number of aromatic nitrogens is 2. The summed E-state index contributed by atoms with van der Waals surface area (Å²) in [7, 11) is -4.14. The maximum absolute atomic E-state index is 12.4. The van der Waals surface area contributed by atoms with Crippen molar-refractivity contribution in [3.63, 3.8) is 0 Å². The molecule has 9 nitrogen and oxygen atoms in total. The fourth-order valence-corrected chi connectivity index (χ4v) is 3.47. The summed E-state index contributed by atoms with van der Waals surface area (Å²) in [6, 6.07) is 2.27. The van der Waals surface area contributed by atoms with Crippen molar-refractivity contribution < 1.29 is 18.3 Å². The Morgan fingerprint density at radius 1 is 1.25 bits per heavy atom. The molecule has 0 amide bonds. The minimum absolute atomic E-state index is 0.0202. The Kier molecular flexibility index (Phi) is 4.90. The third-order valence-electron chi connectivity index (χ3n) is 3.32. The number of aliphatic carboxylic acids is 1. The normalized spacial score (nSPS) is 13.3. The van der Waals surface area contributed by atoms with Gasteiger partial charge in [-0.15, -0.1) is 0 Å². The Morgan fingerprint density at radius 3 is 2.50 bits per heavy atom.